The largest absolute Gasteiger partial charge is 0.416 e. The second kappa shape index (κ2) is 3.84. The summed E-state index contributed by atoms with van der Waals surface area (Å²) in [4.78, 5) is 20.0. The summed E-state index contributed by atoms with van der Waals surface area (Å²) in [5.74, 6) is 0.300. The highest BCUT2D eigenvalue weighted by Gasteiger charge is 2.09. The number of aromatic nitrogens is 2. The number of hydrogen-bond donors (Lipinski definition) is 0. The van der Waals surface area contributed by atoms with Crippen LogP contribution in [-0.2, 0) is 0 Å². The Bertz CT molecular complexity index is 312. The third-order valence-corrected chi connectivity index (χ3v) is 1.40. The van der Waals surface area contributed by atoms with E-state index in [1.165, 1.54) is 11.2 Å². The van der Waals surface area contributed by atoms with Crippen molar-refractivity contribution in [3.8, 4) is 5.88 Å². The maximum absolute atomic E-state index is 11.1. The maximum Gasteiger partial charge on any atom is 0.416 e. The van der Waals surface area contributed by atoms with Crippen molar-refractivity contribution in [3.05, 3.63) is 18.1 Å². The van der Waals surface area contributed by atoms with E-state index in [1.54, 1.807) is 27.2 Å². The minimum Gasteiger partial charge on any atom is -0.391 e. The van der Waals surface area contributed by atoms with Crippen molar-refractivity contribution >= 4 is 6.09 Å². The fraction of sp³-hybridized carbons (Fsp3) is 0.375. The zero-order valence-corrected chi connectivity index (χ0v) is 7.81. The van der Waals surface area contributed by atoms with E-state index in [1.807, 2.05) is 0 Å². The molecule has 1 amide bonds. The van der Waals surface area contributed by atoms with Crippen LogP contribution >= 0.6 is 0 Å². The normalized spacial score (nSPS) is 9.46. The number of hydrogen-bond acceptors (Lipinski definition) is 4. The molecule has 0 saturated heterocycles. The number of nitrogens with zero attached hydrogens (tertiary/aromatic N) is 3. The highest BCUT2D eigenvalue weighted by molar-refractivity contribution is 5.69. The smallest absolute Gasteiger partial charge is 0.391 e. The van der Waals surface area contributed by atoms with Crippen molar-refractivity contribution in [1.29, 1.82) is 0 Å². The number of amides is 1. The average Bonchev–Trinajstić information content (AvgIpc) is 2.08. The van der Waals surface area contributed by atoms with Crippen molar-refractivity contribution in [2.24, 2.45) is 0 Å². The van der Waals surface area contributed by atoms with Crippen LogP contribution in [0.5, 0.6) is 5.88 Å². The third kappa shape index (κ3) is 2.40. The number of aryl methyl sites for hydroxylation is 1. The van der Waals surface area contributed by atoms with Gasteiger partial charge in [0.05, 0.1) is 0 Å². The minimum absolute atomic E-state index is 0.300. The minimum atomic E-state index is -0.443. The zero-order valence-electron chi connectivity index (χ0n) is 7.81. The Labute approximate surface area is 76.4 Å². The lowest BCUT2D eigenvalue weighted by atomic mass is 10.4. The van der Waals surface area contributed by atoms with Crippen LogP contribution < -0.4 is 4.74 Å². The lowest BCUT2D eigenvalue weighted by Gasteiger charge is -2.10. The van der Waals surface area contributed by atoms with Crippen LogP contribution in [0.4, 0.5) is 4.79 Å². The van der Waals surface area contributed by atoms with E-state index < -0.39 is 6.09 Å². The SMILES string of the molecule is Cc1cncnc1OC(=O)N(C)C. The molecule has 1 aromatic heterocycles. The van der Waals surface area contributed by atoms with Gasteiger partial charge in [-0.1, -0.05) is 0 Å². The lowest BCUT2D eigenvalue weighted by Crippen LogP contribution is -2.25. The topological polar surface area (TPSA) is 55.3 Å². The van der Waals surface area contributed by atoms with Gasteiger partial charge < -0.3 is 9.64 Å². The second-order valence-electron chi connectivity index (χ2n) is 2.77. The van der Waals surface area contributed by atoms with Crippen LogP contribution in [0.1, 0.15) is 5.56 Å². The van der Waals surface area contributed by atoms with Gasteiger partial charge in [0.2, 0.25) is 5.88 Å². The van der Waals surface area contributed by atoms with Gasteiger partial charge in [-0.05, 0) is 6.92 Å². The molecule has 0 spiro atoms. The summed E-state index contributed by atoms with van der Waals surface area (Å²) in [6.07, 6.45) is 2.48. The van der Waals surface area contributed by atoms with Gasteiger partial charge in [-0.25, -0.2) is 14.8 Å². The number of ether oxygens (including phenoxy) is 1. The van der Waals surface area contributed by atoms with Crippen LogP contribution in [0, 0.1) is 6.92 Å². The van der Waals surface area contributed by atoms with E-state index in [4.69, 9.17) is 4.74 Å². The second-order valence-corrected chi connectivity index (χ2v) is 2.77. The van der Waals surface area contributed by atoms with Gasteiger partial charge >= 0.3 is 6.09 Å². The number of rotatable bonds is 1. The molecule has 13 heavy (non-hydrogen) atoms. The molecule has 0 aliphatic heterocycles. The summed E-state index contributed by atoms with van der Waals surface area (Å²) in [5, 5.41) is 0. The molecule has 0 radical (unpaired) electrons. The molecular weight excluding hydrogens is 170 g/mol. The van der Waals surface area contributed by atoms with E-state index in [9.17, 15) is 4.79 Å². The third-order valence-electron chi connectivity index (χ3n) is 1.40. The van der Waals surface area contributed by atoms with Crippen LogP contribution in [0.2, 0.25) is 0 Å². The first-order valence-electron chi connectivity index (χ1n) is 3.77. The summed E-state index contributed by atoms with van der Waals surface area (Å²) in [7, 11) is 3.22. The Morgan fingerprint density at radius 1 is 1.54 bits per heavy atom. The average molecular weight is 181 g/mol. The lowest BCUT2D eigenvalue weighted by molar-refractivity contribution is 0.169. The summed E-state index contributed by atoms with van der Waals surface area (Å²) in [5.41, 5.74) is 0.734. The van der Waals surface area contributed by atoms with Gasteiger partial charge in [-0.3, -0.25) is 0 Å². The van der Waals surface area contributed by atoms with Crippen LogP contribution in [0.15, 0.2) is 12.5 Å². The standard InChI is InChI=1S/C8H11N3O2/c1-6-4-9-5-10-7(6)13-8(12)11(2)3/h4-5H,1-3H3. The van der Waals surface area contributed by atoms with Crippen molar-refractivity contribution in [1.82, 2.24) is 14.9 Å². The number of carbonyl (C=O) groups excluding carboxylic acids is 1. The zero-order chi connectivity index (χ0) is 9.84. The van der Waals surface area contributed by atoms with Crippen LogP contribution in [-0.4, -0.2) is 35.1 Å². The molecule has 70 valence electrons. The van der Waals surface area contributed by atoms with Crippen molar-refractivity contribution < 1.29 is 9.53 Å². The van der Waals surface area contributed by atoms with Gasteiger partial charge in [0.15, 0.2) is 0 Å². The predicted molar refractivity (Wildman–Crippen MR) is 46.5 cm³/mol. The van der Waals surface area contributed by atoms with Crippen molar-refractivity contribution in [3.63, 3.8) is 0 Å². The van der Waals surface area contributed by atoms with Gasteiger partial charge in [0.25, 0.3) is 0 Å². The molecule has 1 heterocycles. The molecule has 5 heteroatoms. The Morgan fingerprint density at radius 2 is 2.23 bits per heavy atom. The van der Waals surface area contributed by atoms with Crippen molar-refractivity contribution in [2.45, 2.75) is 6.92 Å². The molecule has 0 aliphatic rings. The molecule has 1 rings (SSSR count). The fourth-order valence-electron chi connectivity index (χ4n) is 0.669. The van der Waals surface area contributed by atoms with E-state index in [0.717, 1.165) is 5.56 Å². The molecule has 0 aliphatic carbocycles. The van der Waals surface area contributed by atoms with Gasteiger partial charge in [0, 0.05) is 25.9 Å². The summed E-state index contributed by atoms with van der Waals surface area (Å²) >= 11 is 0. The van der Waals surface area contributed by atoms with Crippen molar-refractivity contribution in [2.75, 3.05) is 14.1 Å². The molecule has 0 bridgehead atoms. The first kappa shape index (κ1) is 9.44. The van der Waals surface area contributed by atoms with E-state index in [0.29, 0.717) is 5.88 Å². The number of carbonyl (C=O) groups is 1. The maximum atomic E-state index is 11.1. The molecule has 0 aromatic carbocycles. The fourth-order valence-corrected chi connectivity index (χ4v) is 0.669. The first-order valence-corrected chi connectivity index (χ1v) is 3.77. The molecule has 1 aromatic rings. The summed E-state index contributed by atoms with van der Waals surface area (Å²) in [6.45, 7) is 1.78. The van der Waals surface area contributed by atoms with Gasteiger partial charge in [-0.15, -0.1) is 0 Å². The predicted octanol–water partition coefficient (Wildman–Crippen LogP) is 0.845. The molecule has 0 saturated carbocycles. The Kier molecular flexibility index (Phi) is 2.79. The van der Waals surface area contributed by atoms with E-state index in [2.05, 4.69) is 9.97 Å². The van der Waals surface area contributed by atoms with E-state index in [-0.39, 0.29) is 0 Å². The molecule has 0 N–H and O–H groups in total. The molecule has 0 fully saturated rings. The van der Waals surface area contributed by atoms with Gasteiger partial charge in [-0.2, -0.15) is 0 Å². The first-order chi connectivity index (χ1) is 6.11. The molecular formula is C8H11N3O2. The molecule has 5 nitrogen and oxygen atoms in total. The van der Waals surface area contributed by atoms with E-state index >= 15 is 0 Å². The quantitative estimate of drug-likeness (QED) is 0.644. The van der Waals surface area contributed by atoms with Crippen LogP contribution in [0.25, 0.3) is 0 Å². The molecule has 0 unspecified atom stereocenters. The summed E-state index contributed by atoms with van der Waals surface area (Å²) in [6, 6.07) is 0. The monoisotopic (exact) mass is 181 g/mol. The Hall–Kier alpha value is -1.65. The highest BCUT2D eigenvalue weighted by Crippen LogP contribution is 2.11. The van der Waals surface area contributed by atoms with Crippen LogP contribution in [0.3, 0.4) is 0 Å². The Balaban J connectivity index is 2.75. The molecule has 0 atom stereocenters. The Morgan fingerprint density at radius 3 is 2.77 bits per heavy atom. The summed E-state index contributed by atoms with van der Waals surface area (Å²) < 4.78 is 4.94. The highest BCUT2D eigenvalue weighted by atomic mass is 16.6. The van der Waals surface area contributed by atoms with Gasteiger partial charge in [0.1, 0.15) is 6.33 Å².